The molecule has 13 heavy (non-hydrogen) atoms. The van der Waals surface area contributed by atoms with Crippen LogP contribution in [0.3, 0.4) is 0 Å². The molecule has 0 aliphatic rings. The molecule has 1 aromatic carbocycles. The number of aromatic nitrogens is 1. The molecule has 0 fully saturated rings. The van der Waals surface area contributed by atoms with E-state index in [2.05, 4.69) is 4.98 Å². The number of fused-ring (bicyclic) bond motifs is 1. The first kappa shape index (κ1) is 8.38. The van der Waals surface area contributed by atoms with Crippen LogP contribution in [0.4, 0.5) is 0 Å². The van der Waals surface area contributed by atoms with Crippen molar-refractivity contribution in [3.63, 3.8) is 0 Å². The SMILES string of the molecule is CSc1c[nH]c(=O)c2ccccc12. The maximum absolute atomic E-state index is 11.4. The molecule has 0 bridgehead atoms. The number of nitrogens with one attached hydrogen (secondary N) is 1. The van der Waals surface area contributed by atoms with E-state index in [1.807, 2.05) is 30.5 Å². The molecule has 2 rings (SSSR count). The predicted molar refractivity (Wildman–Crippen MR) is 56.3 cm³/mol. The zero-order valence-electron chi connectivity index (χ0n) is 7.20. The Balaban J connectivity index is 2.93. The van der Waals surface area contributed by atoms with Gasteiger partial charge in [-0.15, -0.1) is 11.8 Å². The second kappa shape index (κ2) is 3.26. The van der Waals surface area contributed by atoms with Crippen molar-refractivity contribution < 1.29 is 0 Å². The van der Waals surface area contributed by atoms with Crippen molar-refractivity contribution in [2.45, 2.75) is 4.90 Å². The molecule has 0 aliphatic carbocycles. The fourth-order valence-corrected chi connectivity index (χ4v) is 1.93. The van der Waals surface area contributed by atoms with Gasteiger partial charge in [-0.3, -0.25) is 4.79 Å². The summed E-state index contributed by atoms with van der Waals surface area (Å²) in [4.78, 5) is 15.2. The van der Waals surface area contributed by atoms with Crippen molar-refractivity contribution in [3.05, 3.63) is 40.8 Å². The second-order valence-electron chi connectivity index (χ2n) is 2.73. The fraction of sp³-hybridized carbons (Fsp3) is 0.100. The number of H-pyrrole nitrogens is 1. The molecule has 3 heteroatoms. The van der Waals surface area contributed by atoms with Gasteiger partial charge in [-0.2, -0.15) is 0 Å². The lowest BCUT2D eigenvalue weighted by Gasteiger charge is -2.01. The van der Waals surface area contributed by atoms with Gasteiger partial charge in [-0.1, -0.05) is 18.2 Å². The summed E-state index contributed by atoms with van der Waals surface area (Å²) in [6, 6.07) is 7.63. The Bertz CT molecular complexity index is 489. The monoisotopic (exact) mass is 191 g/mol. The molecule has 1 aromatic heterocycles. The van der Waals surface area contributed by atoms with Gasteiger partial charge in [0, 0.05) is 21.9 Å². The number of aromatic amines is 1. The van der Waals surface area contributed by atoms with Crippen LogP contribution in [0.15, 0.2) is 40.2 Å². The minimum Gasteiger partial charge on any atom is -0.327 e. The topological polar surface area (TPSA) is 32.9 Å². The number of hydrogen-bond acceptors (Lipinski definition) is 2. The predicted octanol–water partition coefficient (Wildman–Crippen LogP) is 2.25. The summed E-state index contributed by atoms with van der Waals surface area (Å²) in [5.41, 5.74) is -0.0200. The molecule has 66 valence electrons. The Labute approximate surface area is 80.0 Å². The van der Waals surface area contributed by atoms with E-state index in [9.17, 15) is 4.79 Å². The summed E-state index contributed by atoms with van der Waals surface area (Å²) in [5.74, 6) is 0. The maximum Gasteiger partial charge on any atom is 0.255 e. The number of hydrogen-bond donors (Lipinski definition) is 1. The molecule has 1 N–H and O–H groups in total. The highest BCUT2D eigenvalue weighted by molar-refractivity contribution is 7.98. The molecule has 1 heterocycles. The molecule has 0 aliphatic heterocycles. The van der Waals surface area contributed by atoms with Crippen LogP contribution in [0.5, 0.6) is 0 Å². The number of benzene rings is 1. The first-order valence-electron chi connectivity index (χ1n) is 3.97. The van der Waals surface area contributed by atoms with Gasteiger partial charge in [0.2, 0.25) is 0 Å². The first-order valence-corrected chi connectivity index (χ1v) is 5.20. The summed E-state index contributed by atoms with van der Waals surface area (Å²) in [5, 5.41) is 1.79. The number of rotatable bonds is 1. The Morgan fingerprint density at radius 3 is 2.62 bits per heavy atom. The molecule has 2 aromatic rings. The van der Waals surface area contributed by atoms with Gasteiger partial charge in [0.1, 0.15) is 0 Å². The van der Waals surface area contributed by atoms with Crippen molar-refractivity contribution in [2.24, 2.45) is 0 Å². The van der Waals surface area contributed by atoms with E-state index in [-0.39, 0.29) is 5.56 Å². The molecule has 0 radical (unpaired) electrons. The fourth-order valence-electron chi connectivity index (χ4n) is 1.35. The molecule has 0 saturated carbocycles. The van der Waals surface area contributed by atoms with Crippen LogP contribution in [0, 0.1) is 0 Å². The van der Waals surface area contributed by atoms with E-state index in [4.69, 9.17) is 0 Å². The maximum atomic E-state index is 11.4. The molecule has 0 saturated heterocycles. The van der Waals surface area contributed by atoms with Crippen molar-refractivity contribution in [2.75, 3.05) is 6.26 Å². The van der Waals surface area contributed by atoms with Crippen molar-refractivity contribution in [3.8, 4) is 0 Å². The third-order valence-corrected chi connectivity index (χ3v) is 2.77. The van der Waals surface area contributed by atoms with Gasteiger partial charge >= 0.3 is 0 Å². The summed E-state index contributed by atoms with van der Waals surface area (Å²) in [7, 11) is 0. The van der Waals surface area contributed by atoms with Crippen LogP contribution in [-0.4, -0.2) is 11.2 Å². The summed E-state index contributed by atoms with van der Waals surface area (Å²) in [6.45, 7) is 0. The molecule has 0 atom stereocenters. The Hall–Kier alpha value is -1.22. The lowest BCUT2D eigenvalue weighted by molar-refractivity contribution is 1.22. The highest BCUT2D eigenvalue weighted by atomic mass is 32.2. The zero-order valence-corrected chi connectivity index (χ0v) is 8.02. The van der Waals surface area contributed by atoms with Crippen LogP contribution in [-0.2, 0) is 0 Å². The van der Waals surface area contributed by atoms with Crippen molar-refractivity contribution >= 4 is 22.5 Å². The Kier molecular flexibility index (Phi) is 2.10. The summed E-state index contributed by atoms with van der Waals surface area (Å²) in [6.07, 6.45) is 3.76. The van der Waals surface area contributed by atoms with Gasteiger partial charge in [0.25, 0.3) is 5.56 Å². The molecule has 0 amide bonds. The average molecular weight is 191 g/mol. The van der Waals surface area contributed by atoms with E-state index >= 15 is 0 Å². The van der Waals surface area contributed by atoms with E-state index in [0.717, 1.165) is 15.7 Å². The van der Waals surface area contributed by atoms with Crippen LogP contribution in [0.2, 0.25) is 0 Å². The summed E-state index contributed by atoms with van der Waals surface area (Å²) >= 11 is 1.64. The Morgan fingerprint density at radius 2 is 1.92 bits per heavy atom. The van der Waals surface area contributed by atoms with E-state index in [0.29, 0.717) is 0 Å². The van der Waals surface area contributed by atoms with Gasteiger partial charge in [0.15, 0.2) is 0 Å². The molecule has 2 nitrogen and oxygen atoms in total. The van der Waals surface area contributed by atoms with Gasteiger partial charge in [-0.05, 0) is 12.3 Å². The largest absolute Gasteiger partial charge is 0.327 e. The first-order chi connectivity index (χ1) is 6.33. The van der Waals surface area contributed by atoms with Crippen LogP contribution in [0.25, 0.3) is 10.8 Å². The molecular weight excluding hydrogens is 182 g/mol. The molecule has 0 unspecified atom stereocenters. The van der Waals surface area contributed by atoms with Crippen molar-refractivity contribution in [1.29, 1.82) is 0 Å². The van der Waals surface area contributed by atoms with Crippen LogP contribution >= 0.6 is 11.8 Å². The van der Waals surface area contributed by atoms with E-state index in [1.165, 1.54) is 0 Å². The minimum absolute atomic E-state index is 0.0200. The normalized spacial score (nSPS) is 10.5. The number of pyridine rings is 1. The second-order valence-corrected chi connectivity index (χ2v) is 3.58. The van der Waals surface area contributed by atoms with Crippen molar-refractivity contribution in [1.82, 2.24) is 4.98 Å². The standard InChI is InChI=1S/C10H9NOS/c1-13-9-6-11-10(12)8-5-3-2-4-7(8)9/h2-6H,1H3,(H,11,12). The van der Waals surface area contributed by atoms with E-state index in [1.54, 1.807) is 18.0 Å². The Morgan fingerprint density at radius 1 is 1.23 bits per heavy atom. The third-order valence-electron chi connectivity index (χ3n) is 1.99. The smallest absolute Gasteiger partial charge is 0.255 e. The number of thioether (sulfide) groups is 1. The molecule has 0 spiro atoms. The molecular formula is C10H9NOS. The minimum atomic E-state index is -0.0200. The van der Waals surface area contributed by atoms with Gasteiger partial charge in [-0.25, -0.2) is 0 Å². The van der Waals surface area contributed by atoms with Gasteiger partial charge in [0.05, 0.1) is 0 Å². The van der Waals surface area contributed by atoms with E-state index < -0.39 is 0 Å². The highest BCUT2D eigenvalue weighted by Gasteiger charge is 2.01. The highest BCUT2D eigenvalue weighted by Crippen LogP contribution is 2.22. The zero-order chi connectivity index (χ0) is 9.26. The lowest BCUT2D eigenvalue weighted by atomic mass is 10.2. The lowest BCUT2D eigenvalue weighted by Crippen LogP contribution is -2.04. The quantitative estimate of drug-likeness (QED) is 0.701. The average Bonchev–Trinajstić information content (AvgIpc) is 2.19. The van der Waals surface area contributed by atoms with Crippen LogP contribution < -0.4 is 5.56 Å². The van der Waals surface area contributed by atoms with Gasteiger partial charge < -0.3 is 4.98 Å². The summed E-state index contributed by atoms with van der Waals surface area (Å²) < 4.78 is 0. The van der Waals surface area contributed by atoms with Crippen LogP contribution in [0.1, 0.15) is 0 Å². The third kappa shape index (κ3) is 1.35.